The van der Waals surface area contributed by atoms with E-state index in [-0.39, 0.29) is 0 Å². The molecule has 1 fully saturated rings. The van der Waals surface area contributed by atoms with Crippen LogP contribution in [-0.2, 0) is 9.59 Å². The summed E-state index contributed by atoms with van der Waals surface area (Å²) in [6.07, 6.45) is -0.149. The minimum absolute atomic E-state index is 0.389. The number of nitrogens with one attached hydrogen (secondary N) is 1. The number of likely N-dealkylation sites (N-methyl/N-ethyl adjacent to an activating group) is 1. The number of aliphatic hydroxyl groups excluding tert-OH is 2. The molecule has 2 heterocycles. The second-order valence-electron chi connectivity index (χ2n) is 6.44. The molecule has 1 aromatic heterocycles. The van der Waals surface area contributed by atoms with Crippen molar-refractivity contribution < 1.29 is 19.8 Å². The van der Waals surface area contributed by atoms with Crippen LogP contribution in [0.5, 0.6) is 0 Å². The second-order valence-corrected chi connectivity index (χ2v) is 6.44. The third-order valence-electron chi connectivity index (χ3n) is 4.71. The highest BCUT2D eigenvalue weighted by molar-refractivity contribution is 5.90. The summed E-state index contributed by atoms with van der Waals surface area (Å²) < 4.78 is 0. The summed E-state index contributed by atoms with van der Waals surface area (Å²) in [5.74, 6) is -0.776. The molecule has 1 aromatic carbocycles. The van der Waals surface area contributed by atoms with E-state index >= 15 is 0 Å². The standard InChI is InChI=1S/C19H23N5O4/c1-20-18(27)15(25)16(26)19(28)24-11-9-23(10-12-24)14-5-3-13(4-6-14)17-21-7-2-8-22-17/h2-8,15-16,25-26H,9-12H2,1H3,(H,20,27)/t15-,16-/m1/s1. The number of nitrogens with zero attached hydrogens (tertiary/aromatic N) is 4. The number of aromatic nitrogens is 2. The first kappa shape index (κ1) is 19.7. The lowest BCUT2D eigenvalue weighted by Crippen LogP contribution is -2.55. The van der Waals surface area contributed by atoms with Gasteiger partial charge >= 0.3 is 0 Å². The highest BCUT2D eigenvalue weighted by Crippen LogP contribution is 2.21. The molecular weight excluding hydrogens is 362 g/mol. The molecule has 0 saturated carbocycles. The minimum atomic E-state index is -1.77. The number of piperazine rings is 1. The summed E-state index contributed by atoms with van der Waals surface area (Å²) in [7, 11) is 1.33. The lowest BCUT2D eigenvalue weighted by molar-refractivity contribution is -0.153. The van der Waals surface area contributed by atoms with Crippen molar-refractivity contribution >= 4 is 17.5 Å². The van der Waals surface area contributed by atoms with E-state index < -0.39 is 24.0 Å². The van der Waals surface area contributed by atoms with E-state index in [1.165, 1.54) is 11.9 Å². The number of amides is 2. The fraction of sp³-hybridized carbons (Fsp3) is 0.368. The smallest absolute Gasteiger partial charge is 0.254 e. The third kappa shape index (κ3) is 4.26. The molecule has 2 atom stereocenters. The molecule has 0 bridgehead atoms. The molecular formula is C19H23N5O4. The van der Waals surface area contributed by atoms with E-state index in [1.54, 1.807) is 18.5 Å². The molecule has 28 heavy (non-hydrogen) atoms. The number of anilines is 1. The van der Waals surface area contributed by atoms with E-state index in [0.29, 0.717) is 32.0 Å². The Hall–Kier alpha value is -3.04. The molecule has 3 N–H and O–H groups in total. The Kier molecular flexibility index (Phi) is 6.17. The zero-order chi connectivity index (χ0) is 20.1. The summed E-state index contributed by atoms with van der Waals surface area (Å²) >= 11 is 0. The third-order valence-corrected chi connectivity index (χ3v) is 4.71. The van der Waals surface area contributed by atoms with Gasteiger partial charge in [-0.15, -0.1) is 0 Å². The van der Waals surface area contributed by atoms with Gasteiger partial charge in [-0.3, -0.25) is 9.59 Å². The lowest BCUT2D eigenvalue weighted by atomic mass is 10.1. The Labute approximate surface area is 162 Å². The molecule has 0 unspecified atom stereocenters. The summed E-state index contributed by atoms with van der Waals surface area (Å²) in [5, 5.41) is 21.9. The molecule has 0 spiro atoms. The van der Waals surface area contributed by atoms with Crippen molar-refractivity contribution in [3.05, 3.63) is 42.7 Å². The van der Waals surface area contributed by atoms with Gasteiger partial charge in [0.2, 0.25) is 0 Å². The van der Waals surface area contributed by atoms with Crippen LogP contribution < -0.4 is 10.2 Å². The molecule has 2 amide bonds. The van der Waals surface area contributed by atoms with Gasteiger partial charge in [-0.05, 0) is 30.3 Å². The summed E-state index contributed by atoms with van der Waals surface area (Å²) in [5.41, 5.74) is 1.93. The normalized spacial score (nSPS) is 16.4. The van der Waals surface area contributed by atoms with Crippen molar-refractivity contribution in [1.82, 2.24) is 20.2 Å². The largest absolute Gasteiger partial charge is 0.380 e. The number of carbonyl (C=O) groups is 2. The SMILES string of the molecule is CNC(=O)[C@H](O)[C@@H](O)C(=O)N1CCN(c2ccc(-c3ncccn3)cc2)CC1. The van der Waals surface area contributed by atoms with E-state index in [0.717, 1.165) is 11.3 Å². The zero-order valence-electron chi connectivity index (χ0n) is 15.5. The Balaban J connectivity index is 1.58. The van der Waals surface area contributed by atoms with Crippen LogP contribution in [0.1, 0.15) is 0 Å². The number of hydrogen-bond acceptors (Lipinski definition) is 7. The summed E-state index contributed by atoms with van der Waals surface area (Å²) in [6.45, 7) is 1.94. The first-order valence-electron chi connectivity index (χ1n) is 9.00. The van der Waals surface area contributed by atoms with E-state index in [4.69, 9.17) is 0 Å². The van der Waals surface area contributed by atoms with Gasteiger partial charge < -0.3 is 25.3 Å². The molecule has 9 nitrogen and oxygen atoms in total. The Morgan fingerprint density at radius 1 is 1.00 bits per heavy atom. The maximum absolute atomic E-state index is 12.3. The monoisotopic (exact) mass is 385 g/mol. The van der Waals surface area contributed by atoms with Crippen LogP contribution in [0, 0.1) is 0 Å². The molecule has 2 aromatic rings. The van der Waals surface area contributed by atoms with Crippen LogP contribution in [0.15, 0.2) is 42.7 Å². The molecule has 148 valence electrons. The molecule has 1 aliphatic heterocycles. The van der Waals surface area contributed by atoms with Crippen LogP contribution in [0.2, 0.25) is 0 Å². The van der Waals surface area contributed by atoms with Gasteiger partial charge in [-0.25, -0.2) is 9.97 Å². The quantitative estimate of drug-likeness (QED) is 0.620. The zero-order valence-corrected chi connectivity index (χ0v) is 15.5. The van der Waals surface area contributed by atoms with Crippen LogP contribution in [0.4, 0.5) is 5.69 Å². The Morgan fingerprint density at radius 3 is 2.18 bits per heavy atom. The fourth-order valence-corrected chi connectivity index (χ4v) is 3.07. The van der Waals surface area contributed by atoms with E-state index in [9.17, 15) is 19.8 Å². The van der Waals surface area contributed by atoms with Crippen molar-refractivity contribution in [1.29, 1.82) is 0 Å². The first-order chi connectivity index (χ1) is 13.5. The second kappa shape index (κ2) is 8.77. The average Bonchev–Trinajstić information content (AvgIpc) is 2.78. The van der Waals surface area contributed by atoms with Crippen molar-refractivity contribution in [2.75, 3.05) is 38.1 Å². The van der Waals surface area contributed by atoms with Crippen molar-refractivity contribution in [2.45, 2.75) is 12.2 Å². The van der Waals surface area contributed by atoms with E-state index in [2.05, 4.69) is 20.2 Å². The average molecular weight is 385 g/mol. The maximum atomic E-state index is 12.3. The van der Waals surface area contributed by atoms with Crippen LogP contribution in [-0.4, -0.2) is 82.3 Å². The maximum Gasteiger partial charge on any atom is 0.254 e. The molecule has 9 heteroatoms. The first-order valence-corrected chi connectivity index (χ1v) is 9.00. The highest BCUT2D eigenvalue weighted by Gasteiger charge is 2.34. The van der Waals surface area contributed by atoms with Gasteiger partial charge in [0, 0.05) is 56.9 Å². The van der Waals surface area contributed by atoms with E-state index in [1.807, 2.05) is 24.3 Å². The molecule has 0 radical (unpaired) electrons. The van der Waals surface area contributed by atoms with Crippen molar-refractivity contribution in [3.63, 3.8) is 0 Å². The van der Waals surface area contributed by atoms with Crippen LogP contribution in [0.3, 0.4) is 0 Å². The van der Waals surface area contributed by atoms with Crippen molar-refractivity contribution in [3.8, 4) is 11.4 Å². The Morgan fingerprint density at radius 2 is 1.61 bits per heavy atom. The predicted molar refractivity (Wildman–Crippen MR) is 102 cm³/mol. The topological polar surface area (TPSA) is 119 Å². The summed E-state index contributed by atoms with van der Waals surface area (Å²) in [4.78, 5) is 35.7. The molecule has 0 aliphatic carbocycles. The number of hydrogen-bond donors (Lipinski definition) is 3. The Bertz CT molecular complexity index is 807. The predicted octanol–water partition coefficient (Wildman–Crippen LogP) is -0.740. The number of benzene rings is 1. The van der Waals surface area contributed by atoms with Gasteiger partial charge in [0.05, 0.1) is 0 Å². The van der Waals surface area contributed by atoms with Gasteiger partial charge in [-0.2, -0.15) is 0 Å². The van der Waals surface area contributed by atoms with Crippen LogP contribution in [0.25, 0.3) is 11.4 Å². The van der Waals surface area contributed by atoms with Gasteiger partial charge in [0.15, 0.2) is 18.0 Å². The van der Waals surface area contributed by atoms with Crippen molar-refractivity contribution in [2.24, 2.45) is 0 Å². The van der Waals surface area contributed by atoms with Gasteiger partial charge in [0.1, 0.15) is 0 Å². The lowest BCUT2D eigenvalue weighted by Gasteiger charge is -2.37. The molecule has 1 aliphatic rings. The number of carbonyl (C=O) groups excluding carboxylic acids is 2. The number of aliphatic hydroxyl groups is 2. The molecule has 3 rings (SSSR count). The number of rotatable bonds is 5. The summed E-state index contributed by atoms with van der Waals surface area (Å²) in [6, 6.07) is 9.63. The fourth-order valence-electron chi connectivity index (χ4n) is 3.07. The highest BCUT2D eigenvalue weighted by atomic mass is 16.3. The molecule has 1 saturated heterocycles. The minimum Gasteiger partial charge on any atom is -0.380 e. The van der Waals surface area contributed by atoms with Gasteiger partial charge in [0.25, 0.3) is 11.8 Å². The van der Waals surface area contributed by atoms with Crippen LogP contribution >= 0.6 is 0 Å². The van der Waals surface area contributed by atoms with Gasteiger partial charge in [-0.1, -0.05) is 0 Å².